The summed E-state index contributed by atoms with van der Waals surface area (Å²) in [6.07, 6.45) is 2.08. The number of hydrogen-bond donors (Lipinski definition) is 1. The minimum Gasteiger partial charge on any atom is -0.494 e. The highest BCUT2D eigenvalue weighted by molar-refractivity contribution is 7.20. The maximum Gasteiger partial charge on any atom is 0.256 e. The van der Waals surface area contributed by atoms with Gasteiger partial charge in [0, 0.05) is 23.8 Å². The molecule has 1 amide bonds. The first-order chi connectivity index (χ1) is 15.6. The number of carbonyl (C=O) groups excluding carboxylic acids is 1. The van der Waals surface area contributed by atoms with E-state index in [2.05, 4.69) is 22.3 Å². The van der Waals surface area contributed by atoms with Crippen LogP contribution in [0.4, 0.5) is 5.82 Å². The Morgan fingerprint density at radius 3 is 2.75 bits per heavy atom. The van der Waals surface area contributed by atoms with E-state index >= 15 is 0 Å². The standard InChI is InChI=1S/C23H22N4O4S/c1-3-4-9-29-16-7-5-15(6-8-16)22(28)25-21-10-14(2)26-27(21)23-24-17-11-18-19(31-13-30-18)12-20(17)32-23/h5-8,10-12H,3-4,9,13H2,1-2H3,(H,25,28). The topological polar surface area (TPSA) is 87.5 Å². The van der Waals surface area contributed by atoms with Crippen LogP contribution in [0.15, 0.2) is 42.5 Å². The van der Waals surface area contributed by atoms with Crippen LogP contribution in [0.2, 0.25) is 0 Å². The molecule has 4 aromatic rings. The van der Waals surface area contributed by atoms with Crippen LogP contribution in [0.25, 0.3) is 15.3 Å². The number of ether oxygens (including phenoxy) is 3. The highest BCUT2D eigenvalue weighted by Crippen LogP contribution is 2.39. The number of fused-ring (bicyclic) bond motifs is 2. The van der Waals surface area contributed by atoms with Gasteiger partial charge < -0.3 is 19.5 Å². The molecular weight excluding hydrogens is 428 g/mol. The molecule has 0 unspecified atom stereocenters. The summed E-state index contributed by atoms with van der Waals surface area (Å²) in [7, 11) is 0. The fourth-order valence-electron chi connectivity index (χ4n) is 3.36. The molecular formula is C23H22N4O4S. The lowest BCUT2D eigenvalue weighted by atomic mass is 10.2. The van der Waals surface area contributed by atoms with Gasteiger partial charge in [0.25, 0.3) is 5.91 Å². The molecule has 2 aromatic heterocycles. The molecule has 1 aliphatic rings. The lowest BCUT2D eigenvalue weighted by Gasteiger charge is -2.08. The van der Waals surface area contributed by atoms with Gasteiger partial charge in [-0.3, -0.25) is 4.79 Å². The number of aryl methyl sites for hydroxylation is 1. The summed E-state index contributed by atoms with van der Waals surface area (Å²) in [5.74, 6) is 2.47. The highest BCUT2D eigenvalue weighted by Gasteiger charge is 2.19. The Hall–Kier alpha value is -3.59. The van der Waals surface area contributed by atoms with Crippen molar-refractivity contribution in [2.45, 2.75) is 26.7 Å². The summed E-state index contributed by atoms with van der Waals surface area (Å²) in [5, 5.41) is 8.12. The van der Waals surface area contributed by atoms with E-state index < -0.39 is 0 Å². The normalized spacial score (nSPS) is 12.3. The van der Waals surface area contributed by atoms with Gasteiger partial charge in [-0.05, 0) is 37.6 Å². The quantitative estimate of drug-likeness (QED) is 0.401. The Morgan fingerprint density at radius 1 is 1.19 bits per heavy atom. The number of aromatic nitrogens is 3. The molecule has 0 bridgehead atoms. The van der Waals surface area contributed by atoms with Crippen LogP contribution >= 0.6 is 11.3 Å². The minimum atomic E-state index is -0.229. The lowest BCUT2D eigenvalue weighted by Crippen LogP contribution is -2.15. The maximum atomic E-state index is 12.8. The van der Waals surface area contributed by atoms with Crippen LogP contribution in [-0.2, 0) is 0 Å². The molecule has 5 rings (SSSR count). The van der Waals surface area contributed by atoms with Crippen molar-refractivity contribution in [3.8, 4) is 22.4 Å². The van der Waals surface area contributed by atoms with E-state index in [4.69, 9.17) is 14.2 Å². The first-order valence-corrected chi connectivity index (χ1v) is 11.2. The summed E-state index contributed by atoms with van der Waals surface area (Å²) in [5.41, 5.74) is 2.10. The monoisotopic (exact) mass is 450 g/mol. The molecule has 2 aromatic carbocycles. The van der Waals surface area contributed by atoms with Crippen LogP contribution in [0.1, 0.15) is 35.8 Å². The number of benzene rings is 2. The average molecular weight is 451 g/mol. The SMILES string of the molecule is CCCCOc1ccc(C(=O)Nc2cc(C)nn2-c2nc3cc4c(cc3s2)OCO4)cc1. The van der Waals surface area contributed by atoms with Crippen molar-refractivity contribution in [3.63, 3.8) is 0 Å². The number of hydrogen-bond acceptors (Lipinski definition) is 7. The second-order valence-electron chi connectivity index (χ2n) is 7.43. The smallest absolute Gasteiger partial charge is 0.256 e. The number of thiazole rings is 1. The van der Waals surface area contributed by atoms with E-state index in [1.54, 1.807) is 16.8 Å². The van der Waals surface area contributed by atoms with Gasteiger partial charge >= 0.3 is 0 Å². The molecule has 3 heterocycles. The number of anilines is 1. The molecule has 32 heavy (non-hydrogen) atoms. The Bertz CT molecular complexity index is 1240. The van der Waals surface area contributed by atoms with Gasteiger partial charge in [0.1, 0.15) is 11.6 Å². The van der Waals surface area contributed by atoms with E-state index in [1.807, 2.05) is 37.3 Å². The fraction of sp³-hybridized carbons (Fsp3) is 0.261. The van der Waals surface area contributed by atoms with Crippen LogP contribution in [0.5, 0.6) is 17.2 Å². The molecule has 0 radical (unpaired) electrons. The lowest BCUT2D eigenvalue weighted by molar-refractivity contribution is 0.102. The Morgan fingerprint density at radius 2 is 1.97 bits per heavy atom. The van der Waals surface area contributed by atoms with Gasteiger partial charge in [-0.2, -0.15) is 9.78 Å². The molecule has 1 N–H and O–H groups in total. The summed E-state index contributed by atoms with van der Waals surface area (Å²) < 4.78 is 19.2. The van der Waals surface area contributed by atoms with Crippen molar-refractivity contribution >= 4 is 33.3 Å². The number of rotatable bonds is 7. The van der Waals surface area contributed by atoms with Crippen molar-refractivity contribution in [2.75, 3.05) is 18.7 Å². The van der Waals surface area contributed by atoms with Crippen LogP contribution in [0.3, 0.4) is 0 Å². The Labute approximate surface area is 188 Å². The summed E-state index contributed by atoms with van der Waals surface area (Å²) in [6.45, 7) is 4.88. The second kappa shape index (κ2) is 8.51. The fourth-order valence-corrected chi connectivity index (χ4v) is 4.30. The molecule has 0 fully saturated rings. The van der Waals surface area contributed by atoms with E-state index in [-0.39, 0.29) is 12.7 Å². The van der Waals surface area contributed by atoms with E-state index in [0.29, 0.717) is 34.6 Å². The molecule has 0 spiro atoms. The molecule has 1 aliphatic heterocycles. The zero-order valence-electron chi connectivity index (χ0n) is 17.8. The number of amides is 1. The van der Waals surface area contributed by atoms with Crippen LogP contribution in [-0.4, -0.2) is 34.1 Å². The van der Waals surface area contributed by atoms with Crippen molar-refractivity contribution in [1.29, 1.82) is 0 Å². The third kappa shape index (κ3) is 3.99. The van der Waals surface area contributed by atoms with Crippen molar-refractivity contribution < 1.29 is 19.0 Å². The first kappa shape index (κ1) is 20.3. The minimum absolute atomic E-state index is 0.222. The Balaban J connectivity index is 1.37. The van der Waals surface area contributed by atoms with Gasteiger partial charge in [0.05, 0.1) is 22.5 Å². The third-order valence-corrected chi connectivity index (χ3v) is 6.00. The zero-order chi connectivity index (χ0) is 22.1. The van der Waals surface area contributed by atoms with Gasteiger partial charge in [0.15, 0.2) is 11.5 Å². The van der Waals surface area contributed by atoms with Gasteiger partial charge in [-0.15, -0.1) is 0 Å². The third-order valence-electron chi connectivity index (χ3n) is 5.01. The summed E-state index contributed by atoms with van der Waals surface area (Å²) in [6, 6.07) is 12.7. The van der Waals surface area contributed by atoms with Crippen LogP contribution < -0.4 is 19.5 Å². The van der Waals surface area contributed by atoms with Crippen LogP contribution in [0, 0.1) is 6.92 Å². The zero-order valence-corrected chi connectivity index (χ0v) is 18.6. The summed E-state index contributed by atoms with van der Waals surface area (Å²) >= 11 is 1.46. The molecule has 9 heteroatoms. The van der Waals surface area contributed by atoms with Gasteiger partial charge in [0.2, 0.25) is 11.9 Å². The van der Waals surface area contributed by atoms with Crippen molar-refractivity contribution in [3.05, 3.63) is 53.7 Å². The second-order valence-corrected chi connectivity index (χ2v) is 8.44. The van der Waals surface area contributed by atoms with Crippen molar-refractivity contribution in [2.24, 2.45) is 0 Å². The molecule has 0 aliphatic carbocycles. The largest absolute Gasteiger partial charge is 0.494 e. The number of nitrogens with zero attached hydrogens (tertiary/aromatic N) is 3. The predicted octanol–water partition coefficient (Wildman–Crippen LogP) is 4.95. The van der Waals surface area contributed by atoms with E-state index in [1.165, 1.54) is 11.3 Å². The van der Waals surface area contributed by atoms with Gasteiger partial charge in [-0.25, -0.2) is 4.98 Å². The highest BCUT2D eigenvalue weighted by atomic mass is 32.1. The maximum absolute atomic E-state index is 12.8. The molecule has 0 saturated heterocycles. The molecule has 0 atom stereocenters. The molecule has 164 valence electrons. The Kier molecular flexibility index (Phi) is 5.40. The first-order valence-electron chi connectivity index (χ1n) is 10.4. The number of carbonyl (C=O) groups is 1. The van der Waals surface area contributed by atoms with E-state index in [0.717, 1.165) is 34.5 Å². The van der Waals surface area contributed by atoms with Gasteiger partial charge in [-0.1, -0.05) is 24.7 Å². The molecule has 0 saturated carbocycles. The summed E-state index contributed by atoms with van der Waals surface area (Å²) in [4.78, 5) is 17.5. The predicted molar refractivity (Wildman–Crippen MR) is 122 cm³/mol. The number of nitrogens with one attached hydrogen (secondary N) is 1. The van der Waals surface area contributed by atoms with Crippen molar-refractivity contribution in [1.82, 2.24) is 14.8 Å². The average Bonchev–Trinajstić information content (AvgIpc) is 3.50. The number of unbranched alkanes of at least 4 members (excludes halogenated alkanes) is 1. The molecule has 8 nitrogen and oxygen atoms in total. The van der Waals surface area contributed by atoms with E-state index in [9.17, 15) is 4.79 Å².